The number of thiophene rings is 1. The summed E-state index contributed by atoms with van der Waals surface area (Å²) in [6.07, 6.45) is 8.90. The summed E-state index contributed by atoms with van der Waals surface area (Å²) in [7, 11) is -0.413. The van der Waals surface area contributed by atoms with Gasteiger partial charge in [-0.2, -0.15) is 0 Å². The minimum absolute atomic E-state index is 0.578. The summed E-state index contributed by atoms with van der Waals surface area (Å²) in [6, 6.07) is 3.79. The summed E-state index contributed by atoms with van der Waals surface area (Å²) in [6.45, 7) is 2.60. The van der Waals surface area contributed by atoms with E-state index in [0.717, 1.165) is 43.4 Å². The number of anilines is 1. The van der Waals surface area contributed by atoms with Crippen molar-refractivity contribution in [1.82, 2.24) is 24.9 Å². The van der Waals surface area contributed by atoms with Gasteiger partial charge in [0.05, 0.1) is 21.3 Å². The Bertz CT molecular complexity index is 1170. The fraction of sp³-hybridized carbons (Fsp3) is 0.286. The SMILES string of the molecule is CCS(O)(CCCOC)c1sc2nc(-c3cncnc3)cc(-c3ccncn3)c2c1N. The number of methoxy groups -OCH3 is 1. The van der Waals surface area contributed by atoms with Crippen molar-refractivity contribution in [3.8, 4) is 22.5 Å². The van der Waals surface area contributed by atoms with Crippen molar-refractivity contribution >= 4 is 37.5 Å². The van der Waals surface area contributed by atoms with Gasteiger partial charge in [-0.3, -0.25) is 0 Å². The molecule has 0 aliphatic heterocycles. The first kappa shape index (κ1) is 21.6. The number of rotatable bonds is 8. The maximum absolute atomic E-state index is 11.5. The zero-order valence-electron chi connectivity index (χ0n) is 17.4. The van der Waals surface area contributed by atoms with Crippen LogP contribution in [0.3, 0.4) is 0 Å². The third-order valence-corrected chi connectivity index (χ3v) is 9.94. The normalized spacial score (nSPS) is 14.4. The molecule has 0 fully saturated rings. The van der Waals surface area contributed by atoms with E-state index in [4.69, 9.17) is 15.5 Å². The van der Waals surface area contributed by atoms with Crippen LogP contribution in [0, 0.1) is 0 Å². The maximum Gasteiger partial charge on any atom is 0.127 e. The van der Waals surface area contributed by atoms with Crippen molar-refractivity contribution in [1.29, 1.82) is 0 Å². The van der Waals surface area contributed by atoms with E-state index in [0.29, 0.717) is 23.8 Å². The lowest BCUT2D eigenvalue weighted by Gasteiger charge is -2.32. The van der Waals surface area contributed by atoms with Crippen LogP contribution in [0.5, 0.6) is 0 Å². The van der Waals surface area contributed by atoms with Gasteiger partial charge in [-0.05, 0) is 18.6 Å². The Morgan fingerprint density at radius 1 is 1.16 bits per heavy atom. The average Bonchev–Trinajstić information content (AvgIpc) is 3.17. The highest BCUT2D eigenvalue weighted by molar-refractivity contribution is 8.30. The third kappa shape index (κ3) is 4.24. The number of pyridine rings is 1. The third-order valence-electron chi connectivity index (χ3n) is 5.03. The standard InChI is InChI=1S/C21H24N6O2S2/c1-3-31(28,8-4-7-29-2)21-19(22)18-15(16-5-6-23-13-26-16)9-17(27-20(18)30-21)14-10-24-12-25-11-14/h5-6,9-13,28H,3-4,7-8,22H2,1-2H3. The van der Waals surface area contributed by atoms with Crippen LogP contribution in [0.25, 0.3) is 32.7 Å². The zero-order valence-corrected chi connectivity index (χ0v) is 19.0. The van der Waals surface area contributed by atoms with Crippen LogP contribution in [0.1, 0.15) is 13.3 Å². The van der Waals surface area contributed by atoms with Crippen molar-refractivity contribution in [3.05, 3.63) is 43.4 Å². The Morgan fingerprint density at radius 2 is 1.97 bits per heavy atom. The highest BCUT2D eigenvalue weighted by atomic mass is 32.3. The predicted octanol–water partition coefficient (Wildman–Crippen LogP) is 4.49. The molecule has 162 valence electrons. The number of hydrogen-bond acceptors (Lipinski definition) is 9. The molecule has 0 saturated heterocycles. The molecule has 3 N–H and O–H groups in total. The van der Waals surface area contributed by atoms with Crippen LogP contribution >= 0.6 is 21.6 Å². The molecule has 4 aromatic heterocycles. The van der Waals surface area contributed by atoms with Gasteiger partial charge in [0.15, 0.2) is 0 Å². The summed E-state index contributed by atoms with van der Waals surface area (Å²) in [5.74, 6) is 1.26. The molecular weight excluding hydrogens is 432 g/mol. The first-order valence-electron chi connectivity index (χ1n) is 9.82. The smallest absolute Gasteiger partial charge is 0.127 e. The number of nitrogens with zero attached hydrogens (tertiary/aromatic N) is 5. The second-order valence-electron chi connectivity index (χ2n) is 6.94. The predicted molar refractivity (Wildman–Crippen MR) is 126 cm³/mol. The summed E-state index contributed by atoms with van der Waals surface area (Å²) >= 11 is 1.46. The van der Waals surface area contributed by atoms with Gasteiger partial charge in [-0.1, -0.05) is 6.92 Å². The van der Waals surface area contributed by atoms with E-state index in [9.17, 15) is 4.55 Å². The minimum Gasteiger partial charge on any atom is -0.397 e. The van der Waals surface area contributed by atoms with E-state index in [-0.39, 0.29) is 0 Å². The topological polar surface area (TPSA) is 120 Å². The van der Waals surface area contributed by atoms with Crippen LogP contribution < -0.4 is 5.73 Å². The van der Waals surface area contributed by atoms with Gasteiger partial charge < -0.3 is 15.0 Å². The van der Waals surface area contributed by atoms with Gasteiger partial charge in [0.25, 0.3) is 0 Å². The number of hydrogen-bond donors (Lipinski definition) is 2. The Hall–Kier alpha value is -2.66. The number of fused-ring (bicyclic) bond motifs is 1. The van der Waals surface area contributed by atoms with E-state index >= 15 is 0 Å². The fourth-order valence-electron chi connectivity index (χ4n) is 3.42. The highest BCUT2D eigenvalue weighted by Gasteiger charge is 2.29. The molecule has 0 amide bonds. The molecule has 4 aromatic rings. The molecule has 0 aromatic carbocycles. The average molecular weight is 457 g/mol. The fourth-order valence-corrected chi connectivity index (χ4v) is 7.58. The van der Waals surface area contributed by atoms with Crippen molar-refractivity contribution in [3.63, 3.8) is 0 Å². The molecule has 4 rings (SSSR count). The summed E-state index contributed by atoms with van der Waals surface area (Å²) in [5.41, 5.74) is 10.4. The Kier molecular flexibility index (Phi) is 6.42. The molecule has 0 bridgehead atoms. The van der Waals surface area contributed by atoms with E-state index in [2.05, 4.69) is 19.9 Å². The van der Waals surface area contributed by atoms with Crippen LogP contribution in [-0.2, 0) is 4.74 Å². The molecule has 0 aliphatic rings. The van der Waals surface area contributed by atoms with Crippen LogP contribution in [0.15, 0.2) is 47.6 Å². The molecular formula is C21H24N6O2S2. The first-order valence-corrected chi connectivity index (χ1v) is 12.6. The van der Waals surface area contributed by atoms with Crippen LogP contribution in [-0.4, -0.2) is 54.7 Å². The molecule has 1 unspecified atom stereocenters. The second-order valence-corrected chi connectivity index (χ2v) is 11.3. The van der Waals surface area contributed by atoms with E-state index in [1.807, 2.05) is 19.1 Å². The molecule has 1 atom stereocenters. The minimum atomic E-state index is -2.08. The highest BCUT2D eigenvalue weighted by Crippen LogP contribution is 2.60. The van der Waals surface area contributed by atoms with Crippen molar-refractivity contribution in [2.24, 2.45) is 0 Å². The van der Waals surface area contributed by atoms with E-state index in [1.165, 1.54) is 24.0 Å². The molecule has 8 nitrogen and oxygen atoms in total. The van der Waals surface area contributed by atoms with Gasteiger partial charge in [0.2, 0.25) is 0 Å². The Labute approximate surface area is 186 Å². The number of nitrogen functional groups attached to an aromatic ring is 1. The lowest BCUT2D eigenvalue weighted by atomic mass is 10.1. The molecule has 0 radical (unpaired) electrons. The number of aromatic nitrogens is 5. The summed E-state index contributed by atoms with van der Waals surface area (Å²) in [5, 5.41) is 0.811. The van der Waals surface area contributed by atoms with Gasteiger partial charge >= 0.3 is 0 Å². The van der Waals surface area contributed by atoms with Gasteiger partial charge in [0, 0.05) is 60.3 Å². The summed E-state index contributed by atoms with van der Waals surface area (Å²) < 4.78 is 17.5. The largest absolute Gasteiger partial charge is 0.397 e. The number of nitrogens with two attached hydrogens (primary N) is 1. The quantitative estimate of drug-likeness (QED) is 0.372. The lowest BCUT2D eigenvalue weighted by Crippen LogP contribution is -2.09. The van der Waals surface area contributed by atoms with Gasteiger partial charge in [0.1, 0.15) is 17.5 Å². The molecule has 31 heavy (non-hydrogen) atoms. The number of ether oxygens (including phenoxy) is 1. The molecule has 0 aliphatic carbocycles. The van der Waals surface area contributed by atoms with Crippen LogP contribution in [0.2, 0.25) is 0 Å². The van der Waals surface area contributed by atoms with E-state index < -0.39 is 10.3 Å². The monoisotopic (exact) mass is 456 g/mol. The molecule has 0 saturated carbocycles. The Morgan fingerprint density at radius 3 is 2.65 bits per heavy atom. The van der Waals surface area contributed by atoms with Crippen LogP contribution in [0.4, 0.5) is 5.69 Å². The maximum atomic E-state index is 11.5. The first-order chi connectivity index (χ1) is 15.1. The Balaban J connectivity index is 1.93. The lowest BCUT2D eigenvalue weighted by molar-refractivity contribution is 0.199. The molecule has 10 heteroatoms. The van der Waals surface area contributed by atoms with Crippen molar-refractivity contribution < 1.29 is 9.29 Å². The molecule has 0 spiro atoms. The summed E-state index contributed by atoms with van der Waals surface area (Å²) in [4.78, 5) is 22.3. The van der Waals surface area contributed by atoms with E-state index in [1.54, 1.807) is 25.7 Å². The molecule has 4 heterocycles. The van der Waals surface area contributed by atoms with Gasteiger partial charge in [-0.15, -0.1) is 21.6 Å². The van der Waals surface area contributed by atoms with Crippen molar-refractivity contribution in [2.75, 3.05) is 31.0 Å². The van der Waals surface area contributed by atoms with Gasteiger partial charge in [-0.25, -0.2) is 24.9 Å². The zero-order chi connectivity index (χ0) is 21.8. The second kappa shape index (κ2) is 9.23. The van der Waals surface area contributed by atoms with Crippen molar-refractivity contribution in [2.45, 2.75) is 17.6 Å².